The van der Waals surface area contributed by atoms with Crippen molar-refractivity contribution in [1.82, 2.24) is 0 Å². The van der Waals surface area contributed by atoms with Gasteiger partial charge in [0.15, 0.2) is 0 Å². The molecule has 0 aliphatic rings. The van der Waals surface area contributed by atoms with Crippen LogP contribution in [-0.4, -0.2) is 0 Å². The molecule has 0 aliphatic heterocycles. The van der Waals surface area contributed by atoms with Crippen LogP contribution in [0.15, 0.2) is 36.4 Å². The molecule has 0 saturated carbocycles. The average Bonchev–Trinajstić information content (AvgIpc) is 2.37. The smallest absolute Gasteiger partial charge is 0.132 e. The predicted octanol–water partition coefficient (Wildman–Crippen LogP) is 4.85. The van der Waals surface area contributed by atoms with Gasteiger partial charge >= 0.3 is 0 Å². The van der Waals surface area contributed by atoms with Crippen LogP contribution in [0.3, 0.4) is 0 Å². The lowest BCUT2D eigenvalue weighted by Gasteiger charge is -2.24. The van der Waals surface area contributed by atoms with Gasteiger partial charge in [-0.25, -0.2) is 0 Å². The number of nitrogens with two attached hydrogens (primary N) is 1. The normalized spacial score (nSPS) is 11.5. The molecule has 2 nitrogen and oxygen atoms in total. The molecule has 2 aromatic carbocycles. The number of hydrogen-bond donors (Lipinski definition) is 1. The third-order valence-electron chi connectivity index (χ3n) is 3.61. The summed E-state index contributed by atoms with van der Waals surface area (Å²) in [5, 5.41) is 0. The molecule has 0 unspecified atom stereocenters. The molecule has 0 fully saturated rings. The van der Waals surface area contributed by atoms with E-state index >= 15 is 0 Å². The Labute approximate surface area is 127 Å². The van der Waals surface area contributed by atoms with Crippen LogP contribution in [0, 0.1) is 13.8 Å². The molecule has 0 radical (unpaired) electrons. The fourth-order valence-corrected chi connectivity index (χ4v) is 2.38. The van der Waals surface area contributed by atoms with Gasteiger partial charge in [-0.15, -0.1) is 0 Å². The van der Waals surface area contributed by atoms with Gasteiger partial charge in [-0.3, -0.25) is 0 Å². The van der Waals surface area contributed by atoms with Crippen molar-refractivity contribution in [3.8, 4) is 11.5 Å². The number of rotatable bonds is 3. The van der Waals surface area contributed by atoms with Crippen molar-refractivity contribution in [2.75, 3.05) is 0 Å². The summed E-state index contributed by atoms with van der Waals surface area (Å²) < 4.78 is 6.24. The lowest BCUT2D eigenvalue weighted by molar-refractivity contribution is 0.450. The zero-order valence-corrected chi connectivity index (χ0v) is 13.7. The lowest BCUT2D eigenvalue weighted by Crippen LogP contribution is -2.13. The Hall–Kier alpha value is -1.80. The van der Waals surface area contributed by atoms with Crippen LogP contribution >= 0.6 is 0 Å². The Morgan fingerprint density at radius 2 is 1.48 bits per heavy atom. The van der Waals surface area contributed by atoms with Gasteiger partial charge in [-0.05, 0) is 42.5 Å². The van der Waals surface area contributed by atoms with E-state index in [1.54, 1.807) is 0 Å². The highest BCUT2D eigenvalue weighted by Gasteiger charge is 2.20. The van der Waals surface area contributed by atoms with E-state index in [0.29, 0.717) is 6.54 Å². The second-order valence-electron chi connectivity index (χ2n) is 6.67. The van der Waals surface area contributed by atoms with Crippen molar-refractivity contribution in [3.05, 3.63) is 58.7 Å². The van der Waals surface area contributed by atoms with Crippen molar-refractivity contribution in [2.24, 2.45) is 5.73 Å². The highest BCUT2D eigenvalue weighted by molar-refractivity contribution is 5.46. The van der Waals surface area contributed by atoms with Crippen molar-refractivity contribution < 1.29 is 4.74 Å². The summed E-state index contributed by atoms with van der Waals surface area (Å²) in [5.74, 6) is 1.77. The molecule has 112 valence electrons. The van der Waals surface area contributed by atoms with Crippen LogP contribution in [0.5, 0.6) is 11.5 Å². The number of benzene rings is 2. The van der Waals surface area contributed by atoms with E-state index in [9.17, 15) is 0 Å². The van der Waals surface area contributed by atoms with Crippen molar-refractivity contribution in [3.63, 3.8) is 0 Å². The van der Waals surface area contributed by atoms with Crippen LogP contribution in [0.25, 0.3) is 0 Å². The molecule has 21 heavy (non-hydrogen) atoms. The molecular weight excluding hydrogens is 258 g/mol. The second kappa shape index (κ2) is 5.90. The molecule has 0 amide bonds. The van der Waals surface area contributed by atoms with Gasteiger partial charge in [-0.1, -0.05) is 45.0 Å². The summed E-state index contributed by atoms with van der Waals surface area (Å²) in [6.45, 7) is 11.2. The fraction of sp³-hybridized carbons (Fsp3) is 0.368. The maximum Gasteiger partial charge on any atom is 0.132 e. The fourth-order valence-electron chi connectivity index (χ4n) is 2.38. The minimum Gasteiger partial charge on any atom is -0.457 e. The van der Waals surface area contributed by atoms with E-state index in [1.165, 1.54) is 16.7 Å². The van der Waals surface area contributed by atoms with Crippen LogP contribution in [-0.2, 0) is 12.0 Å². The SMILES string of the molecule is Cc1ccc(CN)c(Oc2cc(C)ccc2C(C)(C)C)c1. The summed E-state index contributed by atoms with van der Waals surface area (Å²) in [6.07, 6.45) is 0. The van der Waals surface area contributed by atoms with Crippen molar-refractivity contribution in [1.29, 1.82) is 0 Å². The van der Waals surface area contributed by atoms with E-state index in [-0.39, 0.29) is 5.41 Å². The van der Waals surface area contributed by atoms with Crippen LogP contribution < -0.4 is 10.5 Å². The highest BCUT2D eigenvalue weighted by atomic mass is 16.5. The Kier molecular flexibility index (Phi) is 4.38. The topological polar surface area (TPSA) is 35.2 Å². The Balaban J connectivity index is 2.49. The van der Waals surface area contributed by atoms with Crippen LogP contribution in [0.1, 0.15) is 43.0 Å². The van der Waals surface area contributed by atoms with Gasteiger partial charge in [0.05, 0.1) is 0 Å². The molecule has 0 saturated heterocycles. The average molecular weight is 283 g/mol. The number of aryl methyl sites for hydroxylation is 2. The summed E-state index contributed by atoms with van der Waals surface area (Å²) >= 11 is 0. The van der Waals surface area contributed by atoms with Gasteiger partial charge in [0.2, 0.25) is 0 Å². The Morgan fingerprint density at radius 1 is 0.905 bits per heavy atom. The maximum atomic E-state index is 6.24. The number of hydrogen-bond acceptors (Lipinski definition) is 2. The third-order valence-corrected chi connectivity index (χ3v) is 3.61. The summed E-state index contributed by atoms with van der Waals surface area (Å²) in [4.78, 5) is 0. The minimum atomic E-state index is 0.0374. The van der Waals surface area contributed by atoms with Crippen LogP contribution in [0.4, 0.5) is 0 Å². The van der Waals surface area contributed by atoms with Gasteiger partial charge < -0.3 is 10.5 Å². The molecule has 2 N–H and O–H groups in total. The number of ether oxygens (including phenoxy) is 1. The lowest BCUT2D eigenvalue weighted by atomic mass is 9.86. The highest BCUT2D eigenvalue weighted by Crippen LogP contribution is 2.36. The first-order valence-corrected chi connectivity index (χ1v) is 7.40. The second-order valence-corrected chi connectivity index (χ2v) is 6.67. The molecule has 0 spiro atoms. The molecule has 0 aliphatic carbocycles. The van der Waals surface area contributed by atoms with Gasteiger partial charge in [-0.2, -0.15) is 0 Å². The predicted molar refractivity (Wildman–Crippen MR) is 89.0 cm³/mol. The molecule has 2 heteroatoms. The van der Waals surface area contributed by atoms with E-state index in [4.69, 9.17) is 10.5 Å². The molecule has 0 aromatic heterocycles. The summed E-state index contributed by atoms with van der Waals surface area (Å²) in [6, 6.07) is 12.5. The quantitative estimate of drug-likeness (QED) is 0.873. The minimum absolute atomic E-state index is 0.0374. The van der Waals surface area contributed by atoms with E-state index in [0.717, 1.165) is 17.1 Å². The zero-order chi connectivity index (χ0) is 15.6. The van der Waals surface area contributed by atoms with Crippen molar-refractivity contribution in [2.45, 2.75) is 46.6 Å². The van der Waals surface area contributed by atoms with E-state index in [2.05, 4.69) is 65.0 Å². The molecule has 0 bridgehead atoms. The first-order chi connectivity index (χ1) is 9.81. The maximum absolute atomic E-state index is 6.24. The largest absolute Gasteiger partial charge is 0.457 e. The Morgan fingerprint density at radius 3 is 2.05 bits per heavy atom. The van der Waals surface area contributed by atoms with Gasteiger partial charge in [0.25, 0.3) is 0 Å². The van der Waals surface area contributed by atoms with Gasteiger partial charge in [0, 0.05) is 17.7 Å². The summed E-state index contributed by atoms with van der Waals surface area (Å²) in [5.41, 5.74) is 10.5. The molecular formula is C19H25NO. The summed E-state index contributed by atoms with van der Waals surface area (Å²) in [7, 11) is 0. The molecule has 0 atom stereocenters. The van der Waals surface area contributed by atoms with E-state index < -0.39 is 0 Å². The molecule has 0 heterocycles. The van der Waals surface area contributed by atoms with Crippen LogP contribution in [0.2, 0.25) is 0 Å². The van der Waals surface area contributed by atoms with E-state index in [1.807, 2.05) is 6.07 Å². The molecule has 2 aromatic rings. The standard InChI is InChI=1S/C19H25NO/c1-13-6-8-15(12-20)17(10-13)21-18-11-14(2)7-9-16(18)19(3,4)5/h6-11H,12,20H2,1-5H3. The third kappa shape index (κ3) is 3.64. The Bertz CT molecular complexity index is 638. The first kappa shape index (κ1) is 15.6. The monoisotopic (exact) mass is 283 g/mol. The first-order valence-electron chi connectivity index (χ1n) is 7.40. The van der Waals surface area contributed by atoms with Gasteiger partial charge in [0.1, 0.15) is 11.5 Å². The zero-order valence-electron chi connectivity index (χ0n) is 13.7. The van der Waals surface area contributed by atoms with Crippen molar-refractivity contribution >= 4 is 0 Å². The molecule has 2 rings (SSSR count).